The molecule has 0 bridgehead atoms. The van der Waals surface area contributed by atoms with Gasteiger partial charge in [0.2, 0.25) is 11.7 Å². The van der Waals surface area contributed by atoms with Crippen molar-refractivity contribution in [1.82, 2.24) is 10.1 Å². The van der Waals surface area contributed by atoms with Gasteiger partial charge in [-0.05, 0) is 37.5 Å². The average Bonchev–Trinajstić information content (AvgIpc) is 2.89. The standard InChI is InChI=1S/C16H29N3O2/c1-5-6-12(17)11-13-18-14(19-21-13)16(20-4)9-7-15(2,3)8-10-16/h12H,5-11,17H2,1-4H3. The molecule has 1 aliphatic carbocycles. The van der Waals surface area contributed by atoms with Gasteiger partial charge in [-0.3, -0.25) is 0 Å². The molecule has 1 fully saturated rings. The highest BCUT2D eigenvalue weighted by Gasteiger charge is 2.43. The molecule has 1 unspecified atom stereocenters. The van der Waals surface area contributed by atoms with Gasteiger partial charge in [-0.2, -0.15) is 4.98 Å². The van der Waals surface area contributed by atoms with Crippen molar-refractivity contribution in [1.29, 1.82) is 0 Å². The molecule has 1 aromatic heterocycles. The first-order valence-corrected chi connectivity index (χ1v) is 8.04. The Labute approximate surface area is 127 Å². The number of hydrogen-bond acceptors (Lipinski definition) is 5. The van der Waals surface area contributed by atoms with Crippen LogP contribution in [-0.4, -0.2) is 23.3 Å². The van der Waals surface area contributed by atoms with Gasteiger partial charge in [0.15, 0.2) is 0 Å². The van der Waals surface area contributed by atoms with E-state index in [0.29, 0.717) is 23.6 Å². The third kappa shape index (κ3) is 3.83. The Bertz CT molecular complexity index is 446. The predicted octanol–water partition coefficient (Wildman–Crippen LogP) is 3.18. The van der Waals surface area contributed by atoms with Crippen molar-refractivity contribution in [2.24, 2.45) is 11.1 Å². The summed E-state index contributed by atoms with van der Waals surface area (Å²) in [7, 11) is 1.75. The fourth-order valence-corrected chi connectivity index (χ4v) is 3.07. The molecule has 1 aliphatic rings. The van der Waals surface area contributed by atoms with Crippen LogP contribution in [0.1, 0.15) is 71.0 Å². The molecular formula is C16H29N3O2. The minimum atomic E-state index is -0.383. The maximum absolute atomic E-state index is 6.05. The summed E-state index contributed by atoms with van der Waals surface area (Å²) in [6.07, 6.45) is 6.79. The van der Waals surface area contributed by atoms with Crippen molar-refractivity contribution in [3.05, 3.63) is 11.7 Å². The number of aromatic nitrogens is 2. The molecule has 2 rings (SSSR count). The molecular weight excluding hydrogens is 266 g/mol. The van der Waals surface area contributed by atoms with Gasteiger partial charge >= 0.3 is 0 Å². The van der Waals surface area contributed by atoms with E-state index in [1.165, 1.54) is 0 Å². The summed E-state index contributed by atoms with van der Waals surface area (Å²) in [5.41, 5.74) is 6.04. The number of nitrogens with zero attached hydrogens (tertiary/aromatic N) is 2. The van der Waals surface area contributed by atoms with Crippen LogP contribution in [0.2, 0.25) is 0 Å². The zero-order chi connectivity index (χ0) is 15.5. The number of methoxy groups -OCH3 is 1. The SMILES string of the molecule is CCCC(N)Cc1nc(C2(OC)CCC(C)(C)CC2)no1. The Morgan fingerprint density at radius 3 is 2.52 bits per heavy atom. The number of ether oxygens (including phenoxy) is 1. The molecule has 0 aromatic carbocycles. The summed E-state index contributed by atoms with van der Waals surface area (Å²) >= 11 is 0. The molecule has 5 nitrogen and oxygen atoms in total. The van der Waals surface area contributed by atoms with Gasteiger partial charge in [-0.15, -0.1) is 0 Å². The van der Waals surface area contributed by atoms with E-state index < -0.39 is 0 Å². The molecule has 1 aromatic rings. The second kappa shape index (κ2) is 6.44. The summed E-state index contributed by atoms with van der Waals surface area (Å²) < 4.78 is 11.2. The van der Waals surface area contributed by atoms with Gasteiger partial charge in [0.1, 0.15) is 5.60 Å². The second-order valence-electron chi connectivity index (χ2n) is 7.13. The van der Waals surface area contributed by atoms with Crippen molar-refractivity contribution < 1.29 is 9.26 Å². The molecule has 0 spiro atoms. The normalized spacial score (nSPS) is 22.1. The van der Waals surface area contributed by atoms with Crippen molar-refractivity contribution in [3.8, 4) is 0 Å². The Hall–Kier alpha value is -0.940. The van der Waals surface area contributed by atoms with Crippen LogP contribution < -0.4 is 5.73 Å². The first-order valence-electron chi connectivity index (χ1n) is 8.04. The van der Waals surface area contributed by atoms with Crippen molar-refractivity contribution >= 4 is 0 Å². The van der Waals surface area contributed by atoms with E-state index in [9.17, 15) is 0 Å². The van der Waals surface area contributed by atoms with Crippen LogP contribution in [0.3, 0.4) is 0 Å². The lowest BCUT2D eigenvalue weighted by molar-refractivity contribution is -0.0740. The molecule has 0 radical (unpaired) electrons. The van der Waals surface area contributed by atoms with Crippen LogP contribution >= 0.6 is 0 Å². The number of nitrogens with two attached hydrogens (primary N) is 1. The van der Waals surface area contributed by atoms with Gasteiger partial charge in [0.25, 0.3) is 0 Å². The van der Waals surface area contributed by atoms with E-state index in [2.05, 4.69) is 30.9 Å². The molecule has 2 N–H and O–H groups in total. The Morgan fingerprint density at radius 1 is 1.29 bits per heavy atom. The summed E-state index contributed by atoms with van der Waals surface area (Å²) in [6, 6.07) is 0.0899. The average molecular weight is 295 g/mol. The van der Waals surface area contributed by atoms with E-state index in [1.807, 2.05) is 0 Å². The number of hydrogen-bond donors (Lipinski definition) is 1. The second-order valence-corrected chi connectivity index (χ2v) is 7.13. The largest absolute Gasteiger partial charge is 0.370 e. The topological polar surface area (TPSA) is 74.2 Å². The first kappa shape index (κ1) is 16.4. The molecule has 120 valence electrons. The van der Waals surface area contributed by atoms with Crippen LogP contribution in [0.4, 0.5) is 0 Å². The van der Waals surface area contributed by atoms with Crippen LogP contribution in [0.25, 0.3) is 0 Å². The van der Waals surface area contributed by atoms with Gasteiger partial charge in [-0.25, -0.2) is 0 Å². The van der Waals surface area contributed by atoms with Gasteiger partial charge in [0.05, 0.1) is 0 Å². The highest BCUT2D eigenvalue weighted by molar-refractivity contribution is 5.05. The third-order valence-electron chi connectivity index (χ3n) is 4.77. The predicted molar refractivity (Wildman–Crippen MR) is 81.8 cm³/mol. The smallest absolute Gasteiger partial charge is 0.228 e. The van der Waals surface area contributed by atoms with Crippen LogP contribution in [0, 0.1) is 5.41 Å². The fourth-order valence-electron chi connectivity index (χ4n) is 3.07. The van der Waals surface area contributed by atoms with E-state index in [0.717, 1.165) is 38.5 Å². The van der Waals surface area contributed by atoms with Crippen LogP contribution in [0.5, 0.6) is 0 Å². The Balaban J connectivity index is 2.08. The maximum Gasteiger partial charge on any atom is 0.228 e. The highest BCUT2D eigenvalue weighted by atomic mass is 16.5. The molecule has 0 aliphatic heterocycles. The van der Waals surface area contributed by atoms with Gasteiger partial charge in [-0.1, -0.05) is 32.3 Å². The fraction of sp³-hybridized carbons (Fsp3) is 0.875. The number of rotatable bonds is 6. The Morgan fingerprint density at radius 2 is 1.95 bits per heavy atom. The van der Waals surface area contributed by atoms with Crippen molar-refractivity contribution in [2.75, 3.05) is 7.11 Å². The van der Waals surface area contributed by atoms with E-state index >= 15 is 0 Å². The molecule has 1 atom stereocenters. The monoisotopic (exact) mass is 295 g/mol. The summed E-state index contributed by atoms with van der Waals surface area (Å²) in [5, 5.41) is 4.18. The molecule has 1 saturated carbocycles. The summed E-state index contributed by atoms with van der Waals surface area (Å²) in [6.45, 7) is 6.73. The molecule has 1 heterocycles. The lowest BCUT2D eigenvalue weighted by atomic mass is 9.70. The van der Waals surface area contributed by atoms with E-state index in [-0.39, 0.29) is 11.6 Å². The zero-order valence-electron chi connectivity index (χ0n) is 13.8. The Kier molecular flexibility index (Phi) is 5.04. The summed E-state index contributed by atoms with van der Waals surface area (Å²) in [4.78, 5) is 4.56. The maximum atomic E-state index is 6.05. The third-order valence-corrected chi connectivity index (χ3v) is 4.77. The molecule has 5 heteroatoms. The highest BCUT2D eigenvalue weighted by Crippen LogP contribution is 2.46. The van der Waals surface area contributed by atoms with E-state index in [4.69, 9.17) is 15.0 Å². The lowest BCUT2D eigenvalue weighted by Crippen LogP contribution is -2.37. The first-order chi connectivity index (χ1) is 9.91. The zero-order valence-corrected chi connectivity index (χ0v) is 13.8. The minimum absolute atomic E-state index is 0.0899. The van der Waals surface area contributed by atoms with E-state index in [1.54, 1.807) is 7.11 Å². The molecule has 21 heavy (non-hydrogen) atoms. The van der Waals surface area contributed by atoms with Crippen LogP contribution in [-0.2, 0) is 16.8 Å². The lowest BCUT2D eigenvalue weighted by Gasteiger charge is -2.40. The van der Waals surface area contributed by atoms with Gasteiger partial charge in [0, 0.05) is 19.6 Å². The van der Waals surface area contributed by atoms with Crippen LogP contribution in [0.15, 0.2) is 4.52 Å². The quantitative estimate of drug-likeness (QED) is 0.872. The van der Waals surface area contributed by atoms with Crippen molar-refractivity contribution in [3.63, 3.8) is 0 Å². The summed E-state index contributed by atoms with van der Waals surface area (Å²) in [5.74, 6) is 1.33. The molecule has 0 saturated heterocycles. The van der Waals surface area contributed by atoms with Gasteiger partial charge < -0.3 is 15.0 Å². The molecule has 0 amide bonds. The van der Waals surface area contributed by atoms with Crippen molar-refractivity contribution in [2.45, 2.75) is 77.4 Å². The minimum Gasteiger partial charge on any atom is -0.370 e.